The Labute approximate surface area is 212 Å². The molecule has 0 aliphatic carbocycles. The molecule has 0 saturated heterocycles. The summed E-state index contributed by atoms with van der Waals surface area (Å²) < 4.78 is 8.02. The van der Waals surface area contributed by atoms with Crippen molar-refractivity contribution >= 4 is 17.5 Å². The maximum atomic E-state index is 12.4. The van der Waals surface area contributed by atoms with Crippen LogP contribution in [0.4, 0.5) is 0 Å². The van der Waals surface area contributed by atoms with Gasteiger partial charge < -0.3 is 10.1 Å². The molecular formula is C29H44ClN2O2+. The van der Waals surface area contributed by atoms with Crippen molar-refractivity contribution in [1.29, 1.82) is 0 Å². The summed E-state index contributed by atoms with van der Waals surface area (Å²) in [7, 11) is 0. The third-order valence-corrected chi connectivity index (χ3v) is 6.30. The summed E-state index contributed by atoms with van der Waals surface area (Å²) in [5.74, 6) is 0.688. The average molecular weight is 488 g/mol. The number of amides is 1. The van der Waals surface area contributed by atoms with E-state index in [0.717, 1.165) is 30.5 Å². The highest BCUT2D eigenvalue weighted by molar-refractivity contribution is 6.32. The fourth-order valence-electron chi connectivity index (χ4n) is 4.07. The van der Waals surface area contributed by atoms with Gasteiger partial charge in [-0.25, -0.2) is 4.57 Å². The van der Waals surface area contributed by atoms with Crippen molar-refractivity contribution in [2.75, 3.05) is 6.61 Å². The smallest absolute Gasteiger partial charge is 0.224 e. The van der Waals surface area contributed by atoms with E-state index in [4.69, 9.17) is 16.3 Å². The SMILES string of the molecule is CCCCCCCCCCCCOc1ccc(CC(=O)NCc2ccc[n+](CCC)c2)cc1Cl. The second-order valence-corrected chi connectivity index (χ2v) is 9.61. The van der Waals surface area contributed by atoms with Gasteiger partial charge in [0.15, 0.2) is 12.4 Å². The van der Waals surface area contributed by atoms with E-state index < -0.39 is 0 Å². The molecule has 0 spiro atoms. The lowest BCUT2D eigenvalue weighted by molar-refractivity contribution is -0.697. The molecule has 4 nitrogen and oxygen atoms in total. The number of nitrogens with one attached hydrogen (secondary N) is 1. The largest absolute Gasteiger partial charge is 0.492 e. The van der Waals surface area contributed by atoms with E-state index in [9.17, 15) is 4.79 Å². The molecule has 0 unspecified atom stereocenters. The molecule has 1 heterocycles. The average Bonchev–Trinajstić information content (AvgIpc) is 2.83. The van der Waals surface area contributed by atoms with Crippen molar-refractivity contribution in [3.63, 3.8) is 0 Å². The van der Waals surface area contributed by atoms with Crippen molar-refractivity contribution in [3.8, 4) is 5.75 Å². The number of carbonyl (C=O) groups excluding carboxylic acids is 1. The first-order chi connectivity index (χ1) is 16.6. The van der Waals surface area contributed by atoms with E-state index in [1.807, 2.05) is 30.3 Å². The van der Waals surface area contributed by atoms with Crippen LogP contribution in [-0.4, -0.2) is 12.5 Å². The highest BCUT2D eigenvalue weighted by atomic mass is 35.5. The van der Waals surface area contributed by atoms with Crippen molar-refractivity contribution < 1.29 is 14.1 Å². The lowest BCUT2D eigenvalue weighted by Gasteiger charge is -2.10. The first-order valence-corrected chi connectivity index (χ1v) is 13.7. The Bertz CT molecular complexity index is 841. The zero-order valence-corrected chi connectivity index (χ0v) is 22.0. The highest BCUT2D eigenvalue weighted by Gasteiger charge is 2.09. The third kappa shape index (κ3) is 11.9. The lowest BCUT2D eigenvalue weighted by Crippen LogP contribution is -2.34. The molecule has 1 amide bonds. The Morgan fingerprint density at radius 2 is 1.62 bits per heavy atom. The Morgan fingerprint density at radius 3 is 2.29 bits per heavy atom. The van der Waals surface area contributed by atoms with Gasteiger partial charge >= 0.3 is 0 Å². The van der Waals surface area contributed by atoms with Crippen LogP contribution >= 0.6 is 11.6 Å². The molecule has 0 aliphatic rings. The van der Waals surface area contributed by atoms with Gasteiger partial charge in [0, 0.05) is 24.6 Å². The number of aryl methyl sites for hydroxylation is 1. The molecule has 0 atom stereocenters. The van der Waals surface area contributed by atoms with Gasteiger partial charge in [-0.15, -0.1) is 0 Å². The number of benzene rings is 1. The van der Waals surface area contributed by atoms with Crippen molar-refractivity contribution in [2.24, 2.45) is 0 Å². The molecule has 0 fully saturated rings. The van der Waals surface area contributed by atoms with Crippen LogP contribution in [0, 0.1) is 0 Å². The minimum atomic E-state index is -0.0130. The van der Waals surface area contributed by atoms with Crippen molar-refractivity contribution in [3.05, 3.63) is 58.9 Å². The Kier molecular flexibility index (Phi) is 14.4. The van der Waals surface area contributed by atoms with Crippen LogP contribution in [0.1, 0.15) is 95.6 Å². The van der Waals surface area contributed by atoms with Crippen LogP contribution in [0.5, 0.6) is 5.75 Å². The predicted octanol–water partition coefficient (Wildman–Crippen LogP) is 7.20. The Morgan fingerprint density at radius 1 is 0.912 bits per heavy atom. The molecule has 2 rings (SSSR count). The topological polar surface area (TPSA) is 42.2 Å². The van der Waals surface area contributed by atoms with E-state index in [1.165, 1.54) is 57.8 Å². The van der Waals surface area contributed by atoms with Gasteiger partial charge in [0.2, 0.25) is 5.91 Å². The molecule has 1 N–H and O–H groups in total. The molecule has 188 valence electrons. The summed E-state index contributed by atoms with van der Waals surface area (Å²) in [5.41, 5.74) is 1.99. The first kappa shape index (κ1) is 28.2. The highest BCUT2D eigenvalue weighted by Crippen LogP contribution is 2.26. The number of aromatic nitrogens is 1. The van der Waals surface area contributed by atoms with Gasteiger partial charge in [-0.3, -0.25) is 4.79 Å². The quantitative estimate of drug-likeness (QED) is 0.178. The zero-order chi connectivity index (χ0) is 24.4. The van der Waals surface area contributed by atoms with E-state index in [1.54, 1.807) is 0 Å². The Balaban J connectivity index is 1.62. The predicted molar refractivity (Wildman–Crippen MR) is 141 cm³/mol. The number of hydrogen-bond acceptors (Lipinski definition) is 2. The summed E-state index contributed by atoms with van der Waals surface area (Å²) in [6.07, 6.45) is 18.6. The summed E-state index contributed by atoms with van der Waals surface area (Å²) in [4.78, 5) is 12.4. The molecule has 0 radical (unpaired) electrons. The number of ether oxygens (including phenoxy) is 1. The molecule has 2 aromatic rings. The minimum Gasteiger partial charge on any atom is -0.492 e. The molecular weight excluding hydrogens is 444 g/mol. The molecule has 1 aromatic carbocycles. The number of unbranched alkanes of at least 4 members (excludes halogenated alkanes) is 9. The molecule has 34 heavy (non-hydrogen) atoms. The second kappa shape index (κ2) is 17.4. The van der Waals surface area contributed by atoms with Gasteiger partial charge in [0.1, 0.15) is 12.3 Å². The van der Waals surface area contributed by atoms with Gasteiger partial charge in [0.05, 0.1) is 18.1 Å². The zero-order valence-electron chi connectivity index (χ0n) is 21.3. The first-order valence-electron chi connectivity index (χ1n) is 13.3. The normalized spacial score (nSPS) is 10.9. The summed E-state index contributed by atoms with van der Waals surface area (Å²) >= 11 is 6.41. The van der Waals surface area contributed by atoms with Gasteiger partial charge in [-0.05, 0) is 30.2 Å². The summed E-state index contributed by atoms with van der Waals surface area (Å²) in [5, 5.41) is 3.57. The van der Waals surface area contributed by atoms with Crippen molar-refractivity contribution in [2.45, 2.75) is 104 Å². The molecule has 0 aliphatic heterocycles. The summed E-state index contributed by atoms with van der Waals surface area (Å²) in [6, 6.07) is 9.70. The van der Waals surface area contributed by atoms with E-state index in [-0.39, 0.29) is 5.91 Å². The molecule has 0 bridgehead atoms. The number of nitrogens with zero attached hydrogens (tertiary/aromatic N) is 1. The monoisotopic (exact) mass is 487 g/mol. The molecule has 1 aromatic heterocycles. The molecule has 0 saturated carbocycles. The standard InChI is InChI=1S/C29H43ClN2O2/c1-3-5-6-7-8-9-10-11-12-13-20-34-28-17-16-25(21-27(28)30)22-29(33)31-23-26-15-14-19-32(24-26)18-4-2/h14-17,19,21,24H,3-13,18,20,22-23H2,1-2H3/p+1. The van der Waals surface area contributed by atoms with Crippen LogP contribution in [0.25, 0.3) is 0 Å². The number of pyridine rings is 1. The molecule has 5 heteroatoms. The van der Waals surface area contributed by atoms with E-state index in [2.05, 4.69) is 36.1 Å². The van der Waals surface area contributed by atoms with Gasteiger partial charge in [-0.2, -0.15) is 0 Å². The number of rotatable bonds is 18. The fraction of sp³-hybridized carbons (Fsp3) is 0.586. The Hall–Kier alpha value is -2.07. The van der Waals surface area contributed by atoms with E-state index >= 15 is 0 Å². The minimum absolute atomic E-state index is 0.0130. The summed E-state index contributed by atoms with van der Waals surface area (Å²) in [6.45, 7) is 6.61. The second-order valence-electron chi connectivity index (χ2n) is 9.20. The van der Waals surface area contributed by atoms with E-state index in [0.29, 0.717) is 30.3 Å². The van der Waals surface area contributed by atoms with Crippen LogP contribution in [0.15, 0.2) is 42.7 Å². The van der Waals surface area contributed by atoms with Crippen molar-refractivity contribution in [1.82, 2.24) is 5.32 Å². The third-order valence-electron chi connectivity index (χ3n) is 6.01. The van der Waals surface area contributed by atoms with Crippen LogP contribution < -0.4 is 14.6 Å². The maximum Gasteiger partial charge on any atom is 0.224 e. The lowest BCUT2D eigenvalue weighted by atomic mass is 10.1. The maximum absolute atomic E-state index is 12.4. The van der Waals surface area contributed by atoms with Crippen LogP contribution in [-0.2, 0) is 24.3 Å². The van der Waals surface area contributed by atoms with Gasteiger partial charge in [-0.1, -0.05) is 89.3 Å². The van der Waals surface area contributed by atoms with Crippen LogP contribution in [0.2, 0.25) is 5.02 Å². The number of halogens is 1. The fourth-order valence-corrected chi connectivity index (χ4v) is 4.33. The van der Waals surface area contributed by atoms with Crippen LogP contribution in [0.3, 0.4) is 0 Å². The number of hydrogen-bond donors (Lipinski definition) is 1. The van der Waals surface area contributed by atoms with Gasteiger partial charge in [0.25, 0.3) is 0 Å². The number of carbonyl (C=O) groups is 1.